The fourth-order valence-electron chi connectivity index (χ4n) is 4.09. The number of aromatic nitrogens is 2. The van der Waals surface area contributed by atoms with Gasteiger partial charge in [-0.1, -0.05) is 41.9 Å². The van der Waals surface area contributed by atoms with Crippen LogP contribution in [0.15, 0.2) is 34.8 Å². The van der Waals surface area contributed by atoms with E-state index in [4.69, 9.17) is 10.1 Å². The molecule has 4 rings (SSSR count). The van der Waals surface area contributed by atoms with E-state index in [0.717, 1.165) is 44.9 Å². The number of benzene rings is 2. The molecule has 0 bridgehead atoms. The summed E-state index contributed by atoms with van der Waals surface area (Å²) in [4.78, 5) is 34.3. The van der Waals surface area contributed by atoms with Gasteiger partial charge in [0.05, 0.1) is 17.1 Å². The molecule has 1 saturated heterocycles. The van der Waals surface area contributed by atoms with Crippen molar-refractivity contribution >= 4 is 49.7 Å². The van der Waals surface area contributed by atoms with Gasteiger partial charge in [-0.3, -0.25) is 4.79 Å². The topological polar surface area (TPSA) is 98.3 Å². The molecule has 2 heterocycles. The van der Waals surface area contributed by atoms with Gasteiger partial charge in [-0.15, -0.1) is 0 Å². The average molecular weight is 459 g/mol. The maximum Gasteiger partial charge on any atom is 0.405 e. The van der Waals surface area contributed by atoms with Crippen molar-refractivity contribution in [1.29, 1.82) is 0 Å². The number of aromatic amines is 1. The van der Waals surface area contributed by atoms with Crippen molar-refractivity contribution < 1.29 is 14.7 Å². The number of carbonyl (C=O) groups is 2. The number of nitrogens with one attached hydrogen (secondary N) is 2. The van der Waals surface area contributed by atoms with E-state index in [2.05, 4.69) is 32.3 Å². The second-order valence-electron chi connectivity index (χ2n) is 7.81. The number of likely N-dealkylation sites (tertiary alicyclic amines) is 1. The molecule has 0 saturated carbocycles. The van der Waals surface area contributed by atoms with Crippen molar-refractivity contribution in [3.8, 4) is 0 Å². The largest absolute Gasteiger partial charge is 0.465 e. The Hall–Kier alpha value is -2.61. The Morgan fingerprint density at radius 2 is 2.10 bits per heavy atom. The van der Waals surface area contributed by atoms with Crippen molar-refractivity contribution in [3.63, 3.8) is 0 Å². The number of H-pyrrole nitrogens is 1. The average Bonchev–Trinajstić information content (AvgIpc) is 3.31. The van der Waals surface area contributed by atoms with Gasteiger partial charge in [0.15, 0.2) is 0 Å². The van der Waals surface area contributed by atoms with Crippen LogP contribution in [0.25, 0.3) is 21.8 Å². The minimum absolute atomic E-state index is 0.141. The van der Waals surface area contributed by atoms with Gasteiger partial charge >= 0.3 is 6.09 Å². The lowest BCUT2D eigenvalue weighted by Crippen LogP contribution is -2.50. The molecule has 8 heteroatoms. The monoisotopic (exact) mass is 458 g/mol. The van der Waals surface area contributed by atoms with Crippen LogP contribution in [-0.4, -0.2) is 44.6 Å². The van der Waals surface area contributed by atoms with E-state index >= 15 is 0 Å². The molecule has 3 N–H and O–H groups in total. The van der Waals surface area contributed by atoms with E-state index < -0.39 is 12.1 Å². The van der Waals surface area contributed by atoms with Gasteiger partial charge in [0.2, 0.25) is 5.91 Å². The number of imidazole rings is 1. The maximum absolute atomic E-state index is 13.1. The first kappa shape index (κ1) is 19.7. The fourth-order valence-corrected chi connectivity index (χ4v) is 4.47. The Kier molecular flexibility index (Phi) is 5.21. The van der Waals surface area contributed by atoms with Gasteiger partial charge in [0, 0.05) is 16.4 Å². The number of hydrogen-bond donors (Lipinski definition) is 3. The van der Waals surface area contributed by atoms with Crippen LogP contribution in [-0.2, 0) is 4.79 Å². The van der Waals surface area contributed by atoms with Crippen LogP contribution in [0.4, 0.5) is 4.79 Å². The van der Waals surface area contributed by atoms with Crippen molar-refractivity contribution in [3.05, 3.63) is 40.6 Å². The number of rotatable bonds is 4. The zero-order valence-electron chi connectivity index (χ0n) is 16.3. The Balaban J connectivity index is 1.69. The third kappa shape index (κ3) is 3.69. The van der Waals surface area contributed by atoms with Crippen LogP contribution in [0.2, 0.25) is 0 Å². The van der Waals surface area contributed by atoms with Crippen LogP contribution in [0.5, 0.6) is 0 Å². The first-order valence-electron chi connectivity index (χ1n) is 9.73. The first-order valence-corrected chi connectivity index (χ1v) is 10.5. The molecule has 1 fully saturated rings. The summed E-state index contributed by atoms with van der Waals surface area (Å²) in [5.74, 6) is 0.413. The number of hydrogen-bond acceptors (Lipinski definition) is 3. The number of amides is 2. The minimum atomic E-state index is -1.19. The lowest BCUT2D eigenvalue weighted by molar-refractivity contribution is -0.135. The molecule has 1 aliphatic rings. The van der Waals surface area contributed by atoms with E-state index in [9.17, 15) is 9.59 Å². The van der Waals surface area contributed by atoms with Gasteiger partial charge in [-0.25, -0.2) is 9.78 Å². The highest BCUT2D eigenvalue weighted by Crippen LogP contribution is 2.34. The number of carboxylic acid groups (broad SMARTS) is 1. The molecule has 1 aromatic heterocycles. The number of nitrogens with zero attached hydrogens (tertiary/aromatic N) is 2. The van der Waals surface area contributed by atoms with Crippen molar-refractivity contribution in [2.75, 3.05) is 6.54 Å². The third-order valence-electron chi connectivity index (χ3n) is 5.51. The number of halogens is 1. The molecule has 152 valence electrons. The molecule has 1 aliphatic heterocycles. The Morgan fingerprint density at radius 3 is 2.83 bits per heavy atom. The SMILES string of the molecule is CC(C)[C@H](NC(=O)O)C(=O)N1CCC[C@H]1c1nc2c(ccc3cc(Br)ccc32)[nH]1. The van der Waals surface area contributed by atoms with E-state index in [1.54, 1.807) is 4.90 Å². The normalized spacial score (nSPS) is 17.9. The fraction of sp³-hybridized carbons (Fsp3) is 0.381. The third-order valence-corrected chi connectivity index (χ3v) is 6.00. The van der Waals surface area contributed by atoms with Crippen molar-refractivity contribution in [1.82, 2.24) is 20.2 Å². The molecule has 0 spiro atoms. The summed E-state index contributed by atoms with van der Waals surface area (Å²) in [6.07, 6.45) is 0.473. The van der Waals surface area contributed by atoms with Gasteiger partial charge in [-0.05, 0) is 42.3 Å². The maximum atomic E-state index is 13.1. The molecule has 0 radical (unpaired) electrons. The Bertz CT molecular complexity index is 1090. The summed E-state index contributed by atoms with van der Waals surface area (Å²) in [5, 5.41) is 13.6. The predicted octanol–water partition coefficient (Wildman–Crippen LogP) is 4.43. The quantitative estimate of drug-likeness (QED) is 0.538. The molecule has 0 aliphatic carbocycles. The van der Waals surface area contributed by atoms with E-state index in [-0.39, 0.29) is 17.9 Å². The molecule has 2 aromatic carbocycles. The highest BCUT2D eigenvalue weighted by Gasteiger charge is 2.37. The summed E-state index contributed by atoms with van der Waals surface area (Å²) < 4.78 is 1.01. The van der Waals surface area contributed by atoms with Crippen molar-refractivity contribution in [2.45, 2.75) is 38.8 Å². The second-order valence-corrected chi connectivity index (χ2v) is 8.73. The summed E-state index contributed by atoms with van der Waals surface area (Å²) in [6, 6.07) is 9.19. The van der Waals surface area contributed by atoms with Crippen LogP contribution in [0.3, 0.4) is 0 Å². The molecule has 29 heavy (non-hydrogen) atoms. The molecule has 7 nitrogen and oxygen atoms in total. The van der Waals surface area contributed by atoms with Crippen LogP contribution in [0.1, 0.15) is 38.6 Å². The van der Waals surface area contributed by atoms with Gasteiger partial charge < -0.3 is 20.3 Å². The van der Waals surface area contributed by atoms with Crippen LogP contribution >= 0.6 is 15.9 Å². The standard InChI is InChI=1S/C21H23BrN4O3/c1-11(2)17(25-21(28)29)20(27)26-9-3-4-16(26)19-23-15-8-5-12-10-13(22)6-7-14(12)18(15)24-19/h5-8,10-11,16-17,25H,3-4,9H2,1-2H3,(H,23,24)(H,28,29)/t16-,17-/m0/s1. The summed E-state index contributed by atoms with van der Waals surface area (Å²) in [5.41, 5.74) is 1.81. The minimum Gasteiger partial charge on any atom is -0.465 e. The summed E-state index contributed by atoms with van der Waals surface area (Å²) in [7, 11) is 0. The van der Waals surface area contributed by atoms with Gasteiger partial charge in [0.25, 0.3) is 0 Å². The Morgan fingerprint density at radius 1 is 1.31 bits per heavy atom. The van der Waals surface area contributed by atoms with E-state index in [1.807, 2.05) is 38.1 Å². The second kappa shape index (κ2) is 7.67. The van der Waals surface area contributed by atoms with Gasteiger partial charge in [0.1, 0.15) is 11.9 Å². The molecule has 2 amide bonds. The molecule has 2 atom stereocenters. The molecular formula is C21H23BrN4O3. The van der Waals surface area contributed by atoms with Crippen molar-refractivity contribution in [2.24, 2.45) is 5.92 Å². The smallest absolute Gasteiger partial charge is 0.405 e. The molecule has 0 unspecified atom stereocenters. The lowest BCUT2D eigenvalue weighted by atomic mass is 10.0. The molecule has 3 aromatic rings. The highest BCUT2D eigenvalue weighted by molar-refractivity contribution is 9.10. The zero-order valence-corrected chi connectivity index (χ0v) is 17.9. The van der Waals surface area contributed by atoms with E-state index in [0.29, 0.717) is 6.54 Å². The summed E-state index contributed by atoms with van der Waals surface area (Å²) >= 11 is 3.50. The summed E-state index contributed by atoms with van der Waals surface area (Å²) in [6.45, 7) is 4.28. The van der Waals surface area contributed by atoms with Crippen LogP contribution in [0, 0.1) is 5.92 Å². The van der Waals surface area contributed by atoms with Gasteiger partial charge in [-0.2, -0.15) is 0 Å². The number of fused-ring (bicyclic) bond motifs is 3. The number of carbonyl (C=O) groups excluding carboxylic acids is 1. The zero-order chi connectivity index (χ0) is 20.7. The van der Waals surface area contributed by atoms with E-state index in [1.165, 1.54) is 0 Å². The molecular weight excluding hydrogens is 436 g/mol. The lowest BCUT2D eigenvalue weighted by Gasteiger charge is -2.29. The highest BCUT2D eigenvalue weighted by atomic mass is 79.9. The first-order chi connectivity index (χ1) is 13.8. The predicted molar refractivity (Wildman–Crippen MR) is 115 cm³/mol. The van der Waals surface area contributed by atoms with Crippen LogP contribution < -0.4 is 5.32 Å². The Labute approximate surface area is 176 Å².